The van der Waals surface area contributed by atoms with Gasteiger partial charge in [-0.25, -0.2) is 4.98 Å². The summed E-state index contributed by atoms with van der Waals surface area (Å²) < 4.78 is 5.62. The van der Waals surface area contributed by atoms with Gasteiger partial charge in [0, 0.05) is 10.9 Å². The fourth-order valence-electron chi connectivity index (χ4n) is 3.15. The van der Waals surface area contributed by atoms with E-state index in [0.29, 0.717) is 10.9 Å². The first-order valence-electron chi connectivity index (χ1n) is 9.70. The molecule has 0 fully saturated rings. The Kier molecular flexibility index (Phi) is 5.91. The van der Waals surface area contributed by atoms with Crippen LogP contribution in [0.5, 0.6) is 5.75 Å². The van der Waals surface area contributed by atoms with Crippen LogP contribution in [0.1, 0.15) is 11.1 Å². The Morgan fingerprint density at radius 3 is 2.47 bits per heavy atom. The summed E-state index contributed by atoms with van der Waals surface area (Å²) in [7, 11) is 0. The average Bonchev–Trinajstić information content (AvgIpc) is 3.23. The zero-order valence-corrected chi connectivity index (χ0v) is 17.7. The van der Waals surface area contributed by atoms with Gasteiger partial charge in [0.05, 0.1) is 5.69 Å². The Morgan fingerprint density at radius 2 is 1.70 bits per heavy atom. The number of benzene rings is 3. The van der Waals surface area contributed by atoms with Crippen molar-refractivity contribution in [3.05, 3.63) is 89.3 Å². The minimum Gasteiger partial charge on any atom is -0.484 e. The van der Waals surface area contributed by atoms with E-state index >= 15 is 0 Å². The van der Waals surface area contributed by atoms with Crippen LogP contribution in [-0.4, -0.2) is 17.5 Å². The summed E-state index contributed by atoms with van der Waals surface area (Å²) in [6, 6.07) is 24.1. The summed E-state index contributed by atoms with van der Waals surface area (Å²) in [6.45, 7) is 4.05. The molecule has 5 heteroatoms. The van der Waals surface area contributed by atoms with Crippen LogP contribution in [0.25, 0.3) is 22.4 Å². The Balaban J connectivity index is 1.34. The zero-order chi connectivity index (χ0) is 20.9. The number of nitrogens with zero attached hydrogens (tertiary/aromatic N) is 1. The Bertz CT molecular complexity index is 1150. The largest absolute Gasteiger partial charge is 0.484 e. The number of carbonyl (C=O) groups is 1. The predicted molar refractivity (Wildman–Crippen MR) is 123 cm³/mol. The van der Waals surface area contributed by atoms with Crippen LogP contribution in [0.3, 0.4) is 0 Å². The maximum Gasteiger partial charge on any atom is 0.264 e. The molecule has 3 aromatic carbocycles. The minimum absolute atomic E-state index is 0.0664. The van der Waals surface area contributed by atoms with Crippen molar-refractivity contribution in [1.82, 2.24) is 4.98 Å². The summed E-state index contributed by atoms with van der Waals surface area (Å²) in [5.41, 5.74) is 6.54. The standard InChI is InChI=1S/C25H22N2O2S/c1-17-8-9-18(2)22(14-17)23-16-30-25(26-23)27-24(28)15-29-21-12-10-20(11-13-21)19-6-4-3-5-7-19/h3-14,16H,15H2,1-2H3,(H,26,27,28). The predicted octanol–water partition coefficient (Wildman–Crippen LogP) is 6.11. The van der Waals surface area contributed by atoms with Crippen LogP contribution < -0.4 is 10.1 Å². The Morgan fingerprint density at radius 1 is 0.967 bits per heavy atom. The number of thiazole rings is 1. The van der Waals surface area contributed by atoms with E-state index in [4.69, 9.17) is 4.74 Å². The van der Waals surface area contributed by atoms with Crippen LogP contribution in [0.2, 0.25) is 0 Å². The molecule has 4 rings (SSSR count). The van der Waals surface area contributed by atoms with E-state index in [1.165, 1.54) is 16.9 Å². The molecule has 1 amide bonds. The summed E-state index contributed by atoms with van der Waals surface area (Å²) in [4.78, 5) is 16.8. The van der Waals surface area contributed by atoms with Gasteiger partial charge in [-0.05, 0) is 48.7 Å². The van der Waals surface area contributed by atoms with Gasteiger partial charge in [-0.2, -0.15) is 0 Å². The van der Waals surface area contributed by atoms with Crippen LogP contribution in [-0.2, 0) is 4.79 Å². The highest BCUT2D eigenvalue weighted by molar-refractivity contribution is 7.14. The van der Waals surface area contributed by atoms with E-state index in [2.05, 4.69) is 54.5 Å². The third-order valence-corrected chi connectivity index (χ3v) is 5.51. The SMILES string of the molecule is Cc1ccc(C)c(-c2csc(NC(=O)COc3ccc(-c4ccccc4)cc3)n2)c1. The van der Waals surface area contributed by atoms with Crippen molar-refractivity contribution >= 4 is 22.4 Å². The highest BCUT2D eigenvalue weighted by atomic mass is 32.1. The van der Waals surface area contributed by atoms with Gasteiger partial charge in [-0.15, -0.1) is 11.3 Å². The highest BCUT2D eigenvalue weighted by Crippen LogP contribution is 2.28. The van der Waals surface area contributed by atoms with Crippen LogP contribution >= 0.6 is 11.3 Å². The second kappa shape index (κ2) is 8.93. The molecule has 0 aliphatic heterocycles. The first-order chi connectivity index (χ1) is 14.6. The molecule has 0 spiro atoms. The summed E-state index contributed by atoms with van der Waals surface area (Å²) >= 11 is 1.41. The fourth-order valence-corrected chi connectivity index (χ4v) is 3.87. The number of rotatable bonds is 6. The molecule has 150 valence electrons. The maximum absolute atomic E-state index is 12.3. The molecule has 0 unspecified atom stereocenters. The molecule has 0 saturated heterocycles. The molecule has 0 aliphatic rings. The number of nitrogens with one attached hydrogen (secondary N) is 1. The molecule has 0 aliphatic carbocycles. The molecule has 0 radical (unpaired) electrons. The minimum atomic E-state index is -0.232. The lowest BCUT2D eigenvalue weighted by Crippen LogP contribution is -2.20. The maximum atomic E-state index is 12.3. The molecule has 0 saturated carbocycles. The van der Waals surface area contributed by atoms with Crippen LogP contribution in [0, 0.1) is 13.8 Å². The molecule has 1 N–H and O–H groups in total. The first kappa shape index (κ1) is 19.9. The van der Waals surface area contributed by atoms with Crippen molar-refractivity contribution in [3.63, 3.8) is 0 Å². The molecule has 4 nitrogen and oxygen atoms in total. The molecular weight excluding hydrogens is 392 g/mol. The Labute approximate surface area is 180 Å². The van der Waals surface area contributed by atoms with Crippen molar-refractivity contribution < 1.29 is 9.53 Å². The van der Waals surface area contributed by atoms with E-state index in [9.17, 15) is 4.79 Å². The first-order valence-corrected chi connectivity index (χ1v) is 10.6. The third-order valence-electron chi connectivity index (χ3n) is 4.75. The van der Waals surface area contributed by atoms with Gasteiger partial charge in [0.15, 0.2) is 11.7 Å². The summed E-state index contributed by atoms with van der Waals surface area (Å²) in [5.74, 6) is 0.420. The number of hydrogen-bond donors (Lipinski definition) is 1. The number of ether oxygens (including phenoxy) is 1. The number of aromatic nitrogens is 1. The quantitative estimate of drug-likeness (QED) is 0.414. The smallest absolute Gasteiger partial charge is 0.264 e. The summed E-state index contributed by atoms with van der Waals surface area (Å²) in [6.07, 6.45) is 0. The molecule has 30 heavy (non-hydrogen) atoms. The van der Waals surface area contributed by atoms with Crippen molar-refractivity contribution in [2.75, 3.05) is 11.9 Å². The topological polar surface area (TPSA) is 51.2 Å². The number of carbonyl (C=O) groups excluding carboxylic acids is 1. The third kappa shape index (κ3) is 4.75. The van der Waals surface area contributed by atoms with Crippen molar-refractivity contribution in [3.8, 4) is 28.1 Å². The van der Waals surface area contributed by atoms with Gasteiger partial charge in [0.25, 0.3) is 5.91 Å². The second-order valence-corrected chi connectivity index (χ2v) is 7.94. The van der Waals surface area contributed by atoms with Crippen LogP contribution in [0.15, 0.2) is 78.2 Å². The molecule has 1 aromatic heterocycles. The lowest BCUT2D eigenvalue weighted by atomic mass is 10.0. The van der Waals surface area contributed by atoms with Crippen molar-refractivity contribution in [2.24, 2.45) is 0 Å². The number of anilines is 1. The van der Waals surface area contributed by atoms with E-state index in [0.717, 1.165) is 27.9 Å². The van der Waals surface area contributed by atoms with Gasteiger partial charge >= 0.3 is 0 Å². The Hall–Kier alpha value is -3.44. The molecule has 4 aromatic rings. The van der Waals surface area contributed by atoms with Crippen molar-refractivity contribution in [2.45, 2.75) is 13.8 Å². The fraction of sp³-hybridized carbons (Fsp3) is 0.120. The lowest BCUT2D eigenvalue weighted by molar-refractivity contribution is -0.118. The van der Waals surface area contributed by atoms with Crippen LogP contribution in [0.4, 0.5) is 5.13 Å². The summed E-state index contributed by atoms with van der Waals surface area (Å²) in [5, 5.41) is 5.34. The van der Waals surface area contributed by atoms with Gasteiger partial charge in [-0.3, -0.25) is 10.1 Å². The van der Waals surface area contributed by atoms with Gasteiger partial charge in [0.1, 0.15) is 5.75 Å². The van der Waals surface area contributed by atoms with Crippen molar-refractivity contribution in [1.29, 1.82) is 0 Å². The van der Waals surface area contributed by atoms with Gasteiger partial charge in [-0.1, -0.05) is 60.2 Å². The zero-order valence-electron chi connectivity index (χ0n) is 16.9. The van der Waals surface area contributed by atoms with E-state index in [-0.39, 0.29) is 12.5 Å². The van der Waals surface area contributed by atoms with E-state index in [1.807, 2.05) is 47.8 Å². The average molecular weight is 415 g/mol. The van der Waals surface area contributed by atoms with E-state index < -0.39 is 0 Å². The normalized spacial score (nSPS) is 10.6. The molecular formula is C25H22N2O2S. The number of aryl methyl sites for hydroxylation is 2. The highest BCUT2D eigenvalue weighted by Gasteiger charge is 2.11. The monoisotopic (exact) mass is 414 g/mol. The van der Waals surface area contributed by atoms with Gasteiger partial charge in [0.2, 0.25) is 0 Å². The molecule has 0 bridgehead atoms. The number of hydrogen-bond acceptors (Lipinski definition) is 4. The molecule has 0 atom stereocenters. The lowest BCUT2D eigenvalue weighted by Gasteiger charge is -2.07. The van der Waals surface area contributed by atoms with Gasteiger partial charge < -0.3 is 4.74 Å². The van der Waals surface area contributed by atoms with E-state index in [1.54, 1.807) is 0 Å². The molecule has 1 heterocycles. The second-order valence-electron chi connectivity index (χ2n) is 7.08. The number of amides is 1.